The van der Waals surface area contributed by atoms with E-state index in [1.54, 1.807) is 0 Å². The van der Waals surface area contributed by atoms with Crippen LogP contribution in [0.3, 0.4) is 0 Å². The van der Waals surface area contributed by atoms with Crippen molar-refractivity contribution in [2.75, 3.05) is 5.88 Å². The molecule has 0 unspecified atom stereocenters. The highest BCUT2D eigenvalue weighted by molar-refractivity contribution is 6.34. The number of hydrogen-bond donors (Lipinski definition) is 2. The second-order valence-corrected chi connectivity index (χ2v) is 4.91. The maximum absolute atomic E-state index is 12.1. The van der Waals surface area contributed by atoms with Crippen molar-refractivity contribution in [3.05, 3.63) is 28.8 Å². The molecule has 0 aromatic heterocycles. The number of nitrogens with one attached hydrogen (secondary N) is 1. The largest absolute Gasteiger partial charge is 0.508 e. The summed E-state index contributed by atoms with van der Waals surface area (Å²) in [5.74, 6) is 0.0246. The lowest BCUT2D eigenvalue weighted by Gasteiger charge is -2.30. The van der Waals surface area contributed by atoms with Gasteiger partial charge in [0.2, 0.25) is 0 Å². The summed E-state index contributed by atoms with van der Waals surface area (Å²) in [5, 5.41) is 12.6. The number of carbonyl (C=O) groups excluding carboxylic acids is 1. The average Bonchev–Trinajstić information content (AvgIpc) is 2.38. The zero-order valence-corrected chi connectivity index (χ0v) is 12.0. The smallest absolute Gasteiger partial charge is 0.253 e. The molecule has 0 aliphatic rings. The van der Waals surface area contributed by atoms with E-state index in [4.69, 9.17) is 23.2 Å². The molecular weight excluding hydrogens is 273 g/mol. The molecule has 18 heavy (non-hydrogen) atoms. The van der Waals surface area contributed by atoms with Gasteiger partial charge in [0.25, 0.3) is 5.91 Å². The third-order valence-corrected chi connectivity index (χ3v) is 4.02. The van der Waals surface area contributed by atoms with Crippen LogP contribution in [-0.4, -0.2) is 22.4 Å². The summed E-state index contributed by atoms with van der Waals surface area (Å²) in [6.07, 6.45) is 1.46. The van der Waals surface area contributed by atoms with Gasteiger partial charge in [-0.15, -0.1) is 11.6 Å². The minimum Gasteiger partial charge on any atom is -0.508 e. The fraction of sp³-hybridized carbons (Fsp3) is 0.462. The zero-order valence-electron chi connectivity index (χ0n) is 10.5. The highest BCUT2D eigenvalue weighted by atomic mass is 35.5. The maximum atomic E-state index is 12.1. The average molecular weight is 290 g/mol. The molecule has 1 amide bonds. The van der Waals surface area contributed by atoms with Gasteiger partial charge in [-0.1, -0.05) is 25.4 Å². The minimum absolute atomic E-state index is 0.00835. The molecule has 0 fully saturated rings. The molecule has 1 aromatic rings. The van der Waals surface area contributed by atoms with Gasteiger partial charge in [0.15, 0.2) is 0 Å². The molecule has 2 N–H and O–H groups in total. The Labute approximate surface area is 117 Å². The number of carbonyl (C=O) groups is 1. The Morgan fingerprint density at radius 2 is 2.00 bits per heavy atom. The van der Waals surface area contributed by atoms with E-state index < -0.39 is 5.54 Å². The molecule has 5 heteroatoms. The van der Waals surface area contributed by atoms with Crippen molar-refractivity contribution in [1.82, 2.24) is 5.32 Å². The molecule has 0 aliphatic heterocycles. The molecular formula is C13H17Cl2NO2. The Morgan fingerprint density at radius 1 is 1.39 bits per heavy atom. The van der Waals surface area contributed by atoms with E-state index in [2.05, 4.69) is 5.32 Å². The van der Waals surface area contributed by atoms with E-state index in [0.717, 1.165) is 12.8 Å². The van der Waals surface area contributed by atoms with Gasteiger partial charge in [0.1, 0.15) is 5.75 Å². The third kappa shape index (κ3) is 3.30. The number of alkyl halides is 1. The third-order valence-electron chi connectivity index (χ3n) is 3.18. The minimum atomic E-state index is -0.437. The van der Waals surface area contributed by atoms with Crippen molar-refractivity contribution >= 4 is 29.1 Å². The van der Waals surface area contributed by atoms with E-state index in [1.165, 1.54) is 18.2 Å². The van der Waals surface area contributed by atoms with Crippen LogP contribution in [0.4, 0.5) is 0 Å². The predicted octanol–water partition coefficient (Wildman–Crippen LogP) is 3.57. The Balaban J connectivity index is 2.97. The van der Waals surface area contributed by atoms with E-state index in [1.807, 2.05) is 13.8 Å². The molecule has 0 radical (unpaired) electrons. The Kier molecular flexibility index (Phi) is 5.29. The van der Waals surface area contributed by atoms with Crippen molar-refractivity contribution in [3.63, 3.8) is 0 Å². The van der Waals surface area contributed by atoms with Gasteiger partial charge in [-0.25, -0.2) is 0 Å². The fourth-order valence-electron chi connectivity index (χ4n) is 1.64. The lowest BCUT2D eigenvalue weighted by atomic mass is 9.94. The lowest BCUT2D eigenvalue weighted by Crippen LogP contribution is -2.49. The molecule has 0 bridgehead atoms. The Hall–Kier alpha value is -0.930. The highest BCUT2D eigenvalue weighted by Gasteiger charge is 2.28. The van der Waals surface area contributed by atoms with E-state index in [9.17, 15) is 9.90 Å². The van der Waals surface area contributed by atoms with Crippen LogP contribution in [0.15, 0.2) is 18.2 Å². The van der Waals surface area contributed by atoms with Crippen LogP contribution in [-0.2, 0) is 0 Å². The van der Waals surface area contributed by atoms with E-state index >= 15 is 0 Å². The first kappa shape index (κ1) is 15.1. The van der Waals surface area contributed by atoms with Crippen molar-refractivity contribution in [2.24, 2.45) is 0 Å². The number of phenols is 1. The summed E-state index contributed by atoms with van der Waals surface area (Å²) in [5.41, 5.74) is -0.180. The van der Waals surface area contributed by atoms with Gasteiger partial charge >= 0.3 is 0 Å². The molecule has 0 heterocycles. The van der Waals surface area contributed by atoms with E-state index in [0.29, 0.717) is 10.9 Å². The number of hydrogen-bond acceptors (Lipinski definition) is 2. The molecule has 1 aromatic carbocycles. The van der Waals surface area contributed by atoms with Crippen LogP contribution in [0, 0.1) is 0 Å². The first-order valence-electron chi connectivity index (χ1n) is 5.85. The lowest BCUT2D eigenvalue weighted by molar-refractivity contribution is 0.0902. The first-order chi connectivity index (χ1) is 8.48. The molecule has 0 spiro atoms. The van der Waals surface area contributed by atoms with Crippen molar-refractivity contribution in [2.45, 2.75) is 32.2 Å². The quantitative estimate of drug-likeness (QED) is 0.814. The molecule has 100 valence electrons. The van der Waals surface area contributed by atoms with Crippen LogP contribution in [0.5, 0.6) is 5.75 Å². The second kappa shape index (κ2) is 6.30. The summed E-state index contributed by atoms with van der Waals surface area (Å²) in [7, 11) is 0. The van der Waals surface area contributed by atoms with Crippen molar-refractivity contribution < 1.29 is 9.90 Å². The van der Waals surface area contributed by atoms with Crippen molar-refractivity contribution in [3.8, 4) is 5.75 Å². The normalized spacial score (nSPS) is 11.3. The number of phenolic OH excluding ortho intramolecular Hbond substituents is 1. The molecule has 0 saturated carbocycles. The summed E-state index contributed by atoms with van der Waals surface area (Å²) < 4.78 is 0. The number of aromatic hydroxyl groups is 1. The van der Waals surface area contributed by atoms with Crippen LogP contribution < -0.4 is 5.32 Å². The van der Waals surface area contributed by atoms with Crippen LogP contribution in [0.1, 0.15) is 37.0 Å². The van der Waals surface area contributed by atoms with Gasteiger partial charge in [-0.3, -0.25) is 4.79 Å². The standard InChI is InChI=1S/C13H17Cl2NO2/c1-3-13(4-2,8-14)16-12(18)10-7-9(17)5-6-11(10)15/h5-7,17H,3-4,8H2,1-2H3,(H,16,18). The summed E-state index contributed by atoms with van der Waals surface area (Å²) >= 11 is 11.9. The highest BCUT2D eigenvalue weighted by Crippen LogP contribution is 2.23. The van der Waals surface area contributed by atoms with Gasteiger partial charge in [0.05, 0.1) is 16.1 Å². The topological polar surface area (TPSA) is 49.3 Å². The number of rotatable bonds is 5. The van der Waals surface area contributed by atoms with Gasteiger partial charge < -0.3 is 10.4 Å². The zero-order chi connectivity index (χ0) is 13.8. The van der Waals surface area contributed by atoms with Gasteiger partial charge in [0, 0.05) is 5.88 Å². The van der Waals surface area contributed by atoms with Crippen LogP contribution in [0.25, 0.3) is 0 Å². The second-order valence-electron chi connectivity index (χ2n) is 4.24. The number of amides is 1. The monoisotopic (exact) mass is 289 g/mol. The predicted molar refractivity (Wildman–Crippen MR) is 74.6 cm³/mol. The van der Waals surface area contributed by atoms with Gasteiger partial charge in [-0.2, -0.15) is 0 Å². The van der Waals surface area contributed by atoms with Gasteiger partial charge in [-0.05, 0) is 31.0 Å². The number of benzene rings is 1. The number of halogens is 2. The molecule has 3 nitrogen and oxygen atoms in total. The van der Waals surface area contributed by atoms with Crippen molar-refractivity contribution in [1.29, 1.82) is 0 Å². The van der Waals surface area contributed by atoms with E-state index in [-0.39, 0.29) is 17.2 Å². The molecule has 0 atom stereocenters. The molecule has 0 aliphatic carbocycles. The fourth-order valence-corrected chi connectivity index (χ4v) is 2.29. The Morgan fingerprint density at radius 3 is 2.50 bits per heavy atom. The molecule has 0 saturated heterocycles. The van der Waals surface area contributed by atoms with Crippen LogP contribution >= 0.6 is 23.2 Å². The molecule has 1 rings (SSSR count). The summed E-state index contributed by atoms with van der Waals surface area (Å²) in [6.45, 7) is 3.94. The summed E-state index contributed by atoms with van der Waals surface area (Å²) in [4.78, 5) is 12.1. The first-order valence-corrected chi connectivity index (χ1v) is 6.76. The SMILES string of the molecule is CCC(CC)(CCl)NC(=O)c1cc(O)ccc1Cl. The maximum Gasteiger partial charge on any atom is 0.253 e. The van der Waals surface area contributed by atoms with Crippen LogP contribution in [0.2, 0.25) is 5.02 Å². The summed E-state index contributed by atoms with van der Waals surface area (Å²) in [6, 6.07) is 4.28. The Bertz CT molecular complexity index is 423.